The molecule has 0 aliphatic rings. The number of fused-ring (bicyclic) bond motifs is 2. The lowest BCUT2D eigenvalue weighted by Gasteiger charge is -2.07. The molecule has 2 heterocycles. The Bertz CT molecular complexity index is 1380. The first-order valence-electron chi connectivity index (χ1n) is 9.48. The topological polar surface area (TPSA) is 55.2 Å². The highest BCUT2D eigenvalue weighted by molar-refractivity contribution is 5.91. The summed E-state index contributed by atoms with van der Waals surface area (Å²) in [5.41, 5.74) is 5.40. The number of rotatable bonds is 4. The van der Waals surface area contributed by atoms with Crippen LogP contribution in [0.1, 0.15) is 11.1 Å². The summed E-state index contributed by atoms with van der Waals surface area (Å²) in [5, 5.41) is 1.67. The molecule has 142 valence electrons. The Morgan fingerprint density at radius 3 is 2.55 bits per heavy atom. The summed E-state index contributed by atoms with van der Waals surface area (Å²) in [6, 6.07) is 23.6. The van der Waals surface area contributed by atoms with Gasteiger partial charge in [0.15, 0.2) is 5.43 Å². The van der Waals surface area contributed by atoms with Crippen molar-refractivity contribution in [2.75, 3.05) is 7.11 Å². The molecule has 0 radical (unpaired) electrons. The van der Waals surface area contributed by atoms with E-state index in [1.807, 2.05) is 30.3 Å². The summed E-state index contributed by atoms with van der Waals surface area (Å²) < 4.78 is 11.0. The molecule has 2 aromatic heterocycles. The molecule has 3 aromatic carbocycles. The third kappa shape index (κ3) is 2.99. The number of para-hydroxylation sites is 1. The first kappa shape index (κ1) is 17.3. The molecule has 4 heteroatoms. The largest absolute Gasteiger partial charge is 0.497 e. The lowest BCUT2D eigenvalue weighted by molar-refractivity contribution is 0.414. The molecule has 5 rings (SSSR count). The van der Waals surface area contributed by atoms with E-state index in [1.165, 1.54) is 0 Å². The third-order valence-corrected chi connectivity index (χ3v) is 5.30. The zero-order valence-electron chi connectivity index (χ0n) is 15.9. The zero-order valence-corrected chi connectivity index (χ0v) is 15.9. The molecule has 4 nitrogen and oxygen atoms in total. The number of methoxy groups -OCH3 is 1. The lowest BCUT2D eigenvalue weighted by atomic mass is 9.98. The summed E-state index contributed by atoms with van der Waals surface area (Å²) in [5.74, 6) is 0.663. The minimum atomic E-state index is -0.0156. The molecule has 29 heavy (non-hydrogen) atoms. The molecule has 0 aliphatic heterocycles. The van der Waals surface area contributed by atoms with Crippen molar-refractivity contribution in [3.05, 3.63) is 100 Å². The van der Waals surface area contributed by atoms with E-state index in [-0.39, 0.29) is 5.43 Å². The van der Waals surface area contributed by atoms with Crippen LogP contribution in [0.15, 0.2) is 88.3 Å². The maximum absolute atomic E-state index is 13.1. The van der Waals surface area contributed by atoms with Gasteiger partial charge in [-0.25, -0.2) is 0 Å². The smallest absolute Gasteiger partial charge is 0.196 e. The number of aromatic nitrogens is 1. The van der Waals surface area contributed by atoms with Crippen molar-refractivity contribution in [3.8, 4) is 17.0 Å². The number of ether oxygens (including phenoxy) is 1. The standard InChI is InChI=1S/C25H19NO3/c1-28-18-11-12-20-23(14-18)29-15-17(25(20)27)13-21-19-9-5-6-10-22(19)26-24(21)16-7-3-2-4-8-16/h2-12,14-15,26H,13H2,1H3. The summed E-state index contributed by atoms with van der Waals surface area (Å²) in [4.78, 5) is 16.7. The molecule has 1 N–H and O–H groups in total. The summed E-state index contributed by atoms with van der Waals surface area (Å²) >= 11 is 0. The van der Waals surface area contributed by atoms with Crippen molar-refractivity contribution >= 4 is 21.9 Å². The molecule has 0 atom stereocenters. The fourth-order valence-corrected chi connectivity index (χ4v) is 3.82. The number of benzene rings is 3. The maximum Gasteiger partial charge on any atom is 0.196 e. The van der Waals surface area contributed by atoms with Crippen LogP contribution in [0.5, 0.6) is 5.75 Å². The SMILES string of the molecule is COc1ccc2c(=O)c(Cc3c(-c4ccccc4)[nH]c4ccccc34)coc2c1. The van der Waals surface area contributed by atoms with E-state index in [4.69, 9.17) is 9.15 Å². The van der Waals surface area contributed by atoms with Crippen LogP contribution in [0.4, 0.5) is 0 Å². The molecule has 0 aliphatic carbocycles. The first-order valence-corrected chi connectivity index (χ1v) is 9.48. The molecular formula is C25H19NO3. The molecular weight excluding hydrogens is 362 g/mol. The van der Waals surface area contributed by atoms with Crippen LogP contribution in [0.2, 0.25) is 0 Å². The van der Waals surface area contributed by atoms with Gasteiger partial charge in [-0.2, -0.15) is 0 Å². The number of hydrogen-bond acceptors (Lipinski definition) is 3. The predicted molar refractivity (Wildman–Crippen MR) is 116 cm³/mol. The summed E-state index contributed by atoms with van der Waals surface area (Å²) in [7, 11) is 1.59. The van der Waals surface area contributed by atoms with Crippen LogP contribution < -0.4 is 10.2 Å². The summed E-state index contributed by atoms with van der Waals surface area (Å²) in [6.07, 6.45) is 2.05. The molecule has 0 fully saturated rings. The van der Waals surface area contributed by atoms with Gasteiger partial charge in [0.25, 0.3) is 0 Å². The number of H-pyrrole nitrogens is 1. The van der Waals surface area contributed by atoms with Crippen molar-refractivity contribution < 1.29 is 9.15 Å². The van der Waals surface area contributed by atoms with Crippen LogP contribution >= 0.6 is 0 Å². The number of nitrogens with one attached hydrogen (secondary N) is 1. The molecule has 0 saturated carbocycles. The van der Waals surface area contributed by atoms with E-state index < -0.39 is 0 Å². The van der Waals surface area contributed by atoms with Crippen LogP contribution in [0.3, 0.4) is 0 Å². The van der Waals surface area contributed by atoms with Crippen molar-refractivity contribution in [2.24, 2.45) is 0 Å². The van der Waals surface area contributed by atoms with Crippen molar-refractivity contribution in [1.29, 1.82) is 0 Å². The quantitative estimate of drug-likeness (QED) is 0.445. The van der Waals surface area contributed by atoms with Crippen molar-refractivity contribution in [3.63, 3.8) is 0 Å². The second kappa shape index (κ2) is 6.99. The molecule has 0 saturated heterocycles. The number of aromatic amines is 1. The monoisotopic (exact) mass is 381 g/mol. The van der Waals surface area contributed by atoms with Gasteiger partial charge in [0, 0.05) is 29.0 Å². The van der Waals surface area contributed by atoms with Gasteiger partial charge < -0.3 is 14.1 Å². The fourth-order valence-electron chi connectivity index (χ4n) is 3.82. The van der Waals surface area contributed by atoms with Crippen molar-refractivity contribution in [2.45, 2.75) is 6.42 Å². The van der Waals surface area contributed by atoms with E-state index in [0.717, 1.165) is 27.7 Å². The Morgan fingerprint density at radius 2 is 1.72 bits per heavy atom. The van der Waals surface area contributed by atoms with Gasteiger partial charge in [-0.1, -0.05) is 48.5 Å². The second-order valence-corrected chi connectivity index (χ2v) is 7.02. The second-order valence-electron chi connectivity index (χ2n) is 7.02. The summed E-state index contributed by atoms with van der Waals surface area (Å²) in [6.45, 7) is 0. The average Bonchev–Trinajstić information content (AvgIpc) is 3.14. The van der Waals surface area contributed by atoms with Gasteiger partial charge in [-0.05, 0) is 29.3 Å². The molecule has 0 amide bonds. The van der Waals surface area contributed by atoms with Crippen LogP contribution in [-0.2, 0) is 6.42 Å². The van der Waals surface area contributed by atoms with Gasteiger partial charge in [-0.15, -0.1) is 0 Å². The Kier molecular flexibility index (Phi) is 4.17. The lowest BCUT2D eigenvalue weighted by Crippen LogP contribution is -2.09. The van der Waals surface area contributed by atoms with E-state index in [9.17, 15) is 4.79 Å². The maximum atomic E-state index is 13.1. The number of hydrogen-bond donors (Lipinski definition) is 1. The predicted octanol–water partition coefficient (Wildman–Crippen LogP) is 5.54. The third-order valence-electron chi connectivity index (χ3n) is 5.30. The van der Waals surface area contributed by atoms with Crippen LogP contribution in [0.25, 0.3) is 33.1 Å². The zero-order chi connectivity index (χ0) is 19.8. The highest BCUT2D eigenvalue weighted by Gasteiger charge is 2.16. The van der Waals surface area contributed by atoms with Crippen molar-refractivity contribution in [1.82, 2.24) is 4.98 Å². The molecule has 5 aromatic rings. The van der Waals surface area contributed by atoms with E-state index in [2.05, 4.69) is 29.2 Å². The van der Waals surface area contributed by atoms with Crippen LogP contribution in [-0.4, -0.2) is 12.1 Å². The Morgan fingerprint density at radius 1 is 0.931 bits per heavy atom. The van der Waals surface area contributed by atoms with Gasteiger partial charge in [0.05, 0.1) is 24.5 Å². The minimum Gasteiger partial charge on any atom is -0.497 e. The van der Waals surface area contributed by atoms with Crippen LogP contribution in [0, 0.1) is 0 Å². The Labute approximate surface area is 167 Å². The normalized spacial score (nSPS) is 11.2. The highest BCUT2D eigenvalue weighted by atomic mass is 16.5. The van der Waals surface area contributed by atoms with Gasteiger partial charge in [0.2, 0.25) is 0 Å². The van der Waals surface area contributed by atoms with Gasteiger partial charge >= 0.3 is 0 Å². The minimum absolute atomic E-state index is 0.0156. The molecule has 0 bridgehead atoms. The van der Waals surface area contributed by atoms with E-state index in [1.54, 1.807) is 31.6 Å². The molecule has 0 unspecified atom stereocenters. The van der Waals surface area contributed by atoms with Gasteiger partial charge in [0.1, 0.15) is 11.3 Å². The Hall–Kier alpha value is -3.79. The highest BCUT2D eigenvalue weighted by Crippen LogP contribution is 2.32. The van der Waals surface area contributed by atoms with E-state index in [0.29, 0.717) is 28.7 Å². The van der Waals surface area contributed by atoms with E-state index >= 15 is 0 Å². The first-order chi connectivity index (χ1) is 14.2. The fraction of sp³-hybridized carbons (Fsp3) is 0.0800. The molecule has 0 spiro atoms. The average molecular weight is 381 g/mol. The Balaban J connectivity index is 1.67. The van der Waals surface area contributed by atoms with Gasteiger partial charge in [-0.3, -0.25) is 4.79 Å².